The molecule has 2 aromatic carbocycles. The Hall–Kier alpha value is -2.37. The average Bonchev–Trinajstić information content (AvgIpc) is 3.34. The number of furan rings is 1. The molecule has 0 spiro atoms. The molecule has 0 saturated carbocycles. The Balaban J connectivity index is 1.22. The van der Waals surface area contributed by atoms with Gasteiger partial charge in [-0.1, -0.05) is 29.8 Å². The Bertz CT molecular complexity index is 1130. The summed E-state index contributed by atoms with van der Waals surface area (Å²) < 4.78 is 11.6. The molecule has 2 atom stereocenters. The molecule has 1 amide bonds. The molecule has 4 nitrogen and oxygen atoms in total. The van der Waals surface area contributed by atoms with E-state index in [1.165, 1.54) is 5.56 Å². The van der Waals surface area contributed by atoms with E-state index >= 15 is 0 Å². The third-order valence-corrected chi connectivity index (χ3v) is 8.24. The van der Waals surface area contributed by atoms with Gasteiger partial charge in [0.15, 0.2) is 0 Å². The van der Waals surface area contributed by atoms with Crippen molar-refractivity contribution in [2.45, 2.75) is 68.4 Å². The predicted octanol–water partition coefficient (Wildman–Crippen LogP) is 7.06. The zero-order valence-corrected chi connectivity index (χ0v) is 20.5. The van der Waals surface area contributed by atoms with Crippen LogP contribution in [0.25, 0.3) is 0 Å². The van der Waals surface area contributed by atoms with Gasteiger partial charge in [0.05, 0.1) is 11.3 Å². The van der Waals surface area contributed by atoms with Crippen LogP contribution in [0.1, 0.15) is 52.9 Å². The Kier molecular flexibility index (Phi) is 6.44. The number of benzene rings is 2. The van der Waals surface area contributed by atoms with E-state index in [4.69, 9.17) is 20.8 Å². The van der Waals surface area contributed by atoms with Crippen molar-refractivity contribution < 1.29 is 13.9 Å². The number of carbonyl (C=O) groups excluding carboxylic acids is 1. The van der Waals surface area contributed by atoms with Crippen LogP contribution in [0.3, 0.4) is 0 Å². The molecule has 172 valence electrons. The second-order valence-electron chi connectivity index (χ2n) is 9.07. The number of halogens is 1. The molecule has 2 bridgehead atoms. The molecular formula is C27H28ClNO3S. The fourth-order valence-electron chi connectivity index (χ4n) is 5.01. The molecule has 3 aromatic rings. The SMILES string of the molecule is Cc1ccc(Cl)c(OC2CC3CCC(C2)N3C(=O)c2ccc(CSc3ccoc3C)cc2)c1. The van der Waals surface area contributed by atoms with Crippen molar-refractivity contribution in [2.75, 3.05) is 0 Å². The van der Waals surface area contributed by atoms with Gasteiger partial charge in [-0.3, -0.25) is 4.79 Å². The molecule has 5 rings (SSSR count). The molecule has 3 heterocycles. The van der Waals surface area contributed by atoms with Crippen molar-refractivity contribution in [3.8, 4) is 5.75 Å². The number of hydrogen-bond donors (Lipinski definition) is 0. The van der Waals surface area contributed by atoms with Crippen molar-refractivity contribution in [1.82, 2.24) is 4.90 Å². The smallest absolute Gasteiger partial charge is 0.254 e. The van der Waals surface area contributed by atoms with Gasteiger partial charge < -0.3 is 14.1 Å². The molecule has 0 radical (unpaired) electrons. The van der Waals surface area contributed by atoms with Gasteiger partial charge in [-0.2, -0.15) is 0 Å². The van der Waals surface area contributed by atoms with Gasteiger partial charge in [-0.05, 0) is 68.1 Å². The first-order valence-electron chi connectivity index (χ1n) is 11.5. The number of amides is 1. The molecule has 0 aliphatic carbocycles. The van der Waals surface area contributed by atoms with Gasteiger partial charge in [0.25, 0.3) is 5.91 Å². The normalized spacial score (nSPS) is 21.9. The van der Waals surface area contributed by atoms with E-state index in [1.54, 1.807) is 18.0 Å². The molecular weight excluding hydrogens is 454 g/mol. The fourth-order valence-corrected chi connectivity index (χ4v) is 6.09. The van der Waals surface area contributed by atoms with Crippen LogP contribution in [0.5, 0.6) is 5.75 Å². The Morgan fingerprint density at radius 3 is 2.48 bits per heavy atom. The van der Waals surface area contributed by atoms with Crippen LogP contribution in [-0.2, 0) is 5.75 Å². The Labute approximate surface area is 204 Å². The minimum atomic E-state index is 0.0941. The number of rotatable bonds is 6. The van der Waals surface area contributed by atoms with Crippen LogP contribution in [-0.4, -0.2) is 29.0 Å². The van der Waals surface area contributed by atoms with E-state index in [9.17, 15) is 4.79 Å². The highest BCUT2D eigenvalue weighted by atomic mass is 35.5. The van der Waals surface area contributed by atoms with Gasteiger partial charge in [0.1, 0.15) is 17.6 Å². The number of thioether (sulfide) groups is 1. The lowest BCUT2D eigenvalue weighted by Gasteiger charge is -2.39. The van der Waals surface area contributed by atoms with Crippen LogP contribution in [0.4, 0.5) is 0 Å². The van der Waals surface area contributed by atoms with Gasteiger partial charge in [-0.15, -0.1) is 11.8 Å². The van der Waals surface area contributed by atoms with Crippen molar-refractivity contribution >= 4 is 29.3 Å². The van der Waals surface area contributed by atoms with Crippen molar-refractivity contribution in [2.24, 2.45) is 0 Å². The highest BCUT2D eigenvalue weighted by molar-refractivity contribution is 7.98. The zero-order chi connectivity index (χ0) is 22.9. The second kappa shape index (κ2) is 9.47. The molecule has 1 aromatic heterocycles. The zero-order valence-electron chi connectivity index (χ0n) is 18.9. The van der Waals surface area contributed by atoms with E-state index < -0.39 is 0 Å². The Morgan fingerprint density at radius 2 is 1.82 bits per heavy atom. The number of nitrogens with zero attached hydrogens (tertiary/aromatic N) is 1. The van der Waals surface area contributed by atoms with E-state index in [0.717, 1.165) is 59.0 Å². The molecule has 2 saturated heterocycles. The summed E-state index contributed by atoms with van der Waals surface area (Å²) in [6, 6.07) is 16.4. The minimum Gasteiger partial charge on any atom is -0.489 e. The first-order chi connectivity index (χ1) is 16.0. The lowest BCUT2D eigenvalue weighted by atomic mass is 9.98. The van der Waals surface area contributed by atoms with E-state index in [0.29, 0.717) is 5.02 Å². The summed E-state index contributed by atoms with van der Waals surface area (Å²) in [7, 11) is 0. The van der Waals surface area contributed by atoms with Crippen molar-refractivity contribution in [1.29, 1.82) is 0 Å². The maximum Gasteiger partial charge on any atom is 0.254 e. The summed E-state index contributed by atoms with van der Waals surface area (Å²) in [5.41, 5.74) is 3.09. The number of hydrogen-bond acceptors (Lipinski definition) is 4. The second-order valence-corrected chi connectivity index (χ2v) is 10.5. The molecule has 0 N–H and O–H groups in total. The standard InChI is InChI=1S/C27H28ClNO3S/c1-17-3-10-24(28)25(13-17)32-23-14-21-8-9-22(15-23)29(21)27(30)20-6-4-19(5-7-20)16-33-26-11-12-31-18(26)2/h3-7,10-13,21-23H,8-9,14-16H2,1-2H3. The largest absolute Gasteiger partial charge is 0.489 e. The summed E-state index contributed by atoms with van der Waals surface area (Å²) in [6.45, 7) is 4.01. The van der Waals surface area contributed by atoms with Crippen LogP contribution < -0.4 is 4.74 Å². The van der Waals surface area contributed by atoms with Crippen molar-refractivity contribution in [3.63, 3.8) is 0 Å². The highest BCUT2D eigenvalue weighted by Gasteiger charge is 2.44. The minimum absolute atomic E-state index is 0.0941. The van der Waals surface area contributed by atoms with E-state index in [2.05, 4.69) is 17.0 Å². The molecule has 6 heteroatoms. The molecule has 2 aliphatic heterocycles. The molecule has 2 aliphatic rings. The number of aryl methyl sites for hydroxylation is 2. The lowest BCUT2D eigenvalue weighted by molar-refractivity contribution is 0.0359. The van der Waals surface area contributed by atoms with Crippen LogP contribution in [0.15, 0.2) is 64.1 Å². The summed E-state index contributed by atoms with van der Waals surface area (Å²) in [5, 5.41) is 0.646. The molecule has 2 fully saturated rings. The fraction of sp³-hybridized carbons (Fsp3) is 0.370. The maximum absolute atomic E-state index is 13.4. The van der Waals surface area contributed by atoms with Crippen LogP contribution >= 0.6 is 23.4 Å². The summed E-state index contributed by atoms with van der Waals surface area (Å²) in [6.07, 6.45) is 5.60. The van der Waals surface area contributed by atoms with Crippen LogP contribution in [0, 0.1) is 13.8 Å². The first-order valence-corrected chi connectivity index (χ1v) is 12.9. The number of piperidine rings is 1. The van der Waals surface area contributed by atoms with Crippen molar-refractivity contribution in [3.05, 3.63) is 82.3 Å². The predicted molar refractivity (Wildman–Crippen MR) is 132 cm³/mol. The topological polar surface area (TPSA) is 42.7 Å². The van der Waals surface area contributed by atoms with Gasteiger partial charge in [0, 0.05) is 41.1 Å². The third kappa shape index (κ3) is 4.80. The average molecular weight is 482 g/mol. The number of ether oxygens (including phenoxy) is 1. The van der Waals surface area contributed by atoms with E-state index in [-0.39, 0.29) is 24.1 Å². The monoisotopic (exact) mass is 481 g/mol. The molecule has 33 heavy (non-hydrogen) atoms. The molecule has 2 unspecified atom stereocenters. The van der Waals surface area contributed by atoms with Gasteiger partial charge in [0.2, 0.25) is 0 Å². The summed E-state index contributed by atoms with van der Waals surface area (Å²) >= 11 is 8.09. The third-order valence-electron chi connectivity index (χ3n) is 6.71. The maximum atomic E-state index is 13.4. The number of fused-ring (bicyclic) bond motifs is 2. The van der Waals surface area contributed by atoms with Gasteiger partial charge in [-0.25, -0.2) is 0 Å². The lowest BCUT2D eigenvalue weighted by Crippen LogP contribution is -2.49. The van der Waals surface area contributed by atoms with Gasteiger partial charge >= 0.3 is 0 Å². The first kappa shape index (κ1) is 22.4. The number of carbonyl (C=O) groups is 1. The van der Waals surface area contributed by atoms with E-state index in [1.807, 2.05) is 50.2 Å². The Morgan fingerprint density at radius 1 is 1.09 bits per heavy atom. The quantitative estimate of drug-likeness (QED) is 0.353. The highest BCUT2D eigenvalue weighted by Crippen LogP contribution is 2.39. The summed E-state index contributed by atoms with van der Waals surface area (Å²) in [5.74, 6) is 2.68. The van der Waals surface area contributed by atoms with Crippen LogP contribution in [0.2, 0.25) is 5.02 Å². The summed E-state index contributed by atoms with van der Waals surface area (Å²) in [4.78, 5) is 16.6.